The molecule has 24 heavy (non-hydrogen) atoms. The molecule has 0 aliphatic carbocycles. The van der Waals surface area contributed by atoms with Crippen molar-refractivity contribution in [3.05, 3.63) is 65.2 Å². The van der Waals surface area contributed by atoms with Crippen LogP contribution in [0.2, 0.25) is 0 Å². The lowest BCUT2D eigenvalue weighted by Crippen LogP contribution is -2.44. The van der Waals surface area contributed by atoms with Crippen LogP contribution in [0, 0.1) is 11.3 Å². The fourth-order valence-corrected chi connectivity index (χ4v) is 2.25. The summed E-state index contributed by atoms with van der Waals surface area (Å²) in [7, 11) is 0. The molecular formula is C20H24N2O2. The Balaban J connectivity index is 1.96. The van der Waals surface area contributed by atoms with Crippen LogP contribution in [0.1, 0.15) is 37.0 Å². The van der Waals surface area contributed by atoms with Crippen LogP contribution in [0.25, 0.3) is 0 Å². The van der Waals surface area contributed by atoms with E-state index in [0.29, 0.717) is 18.7 Å². The van der Waals surface area contributed by atoms with Gasteiger partial charge >= 0.3 is 0 Å². The molecule has 1 atom stereocenters. The minimum Gasteiger partial charge on any atom is -0.489 e. The SMILES string of the molecule is CCC(C)(CO)NCc1cccc(OCc2cccc(C#N)c2)c1. The standard InChI is InChI=1S/C20H24N2O2/c1-3-20(2,15-23)22-13-17-7-5-9-19(11-17)24-14-18-8-4-6-16(10-18)12-21/h4-11,22-23H,3,13-15H2,1-2H3. The van der Waals surface area contributed by atoms with E-state index in [2.05, 4.69) is 18.3 Å². The molecule has 2 aromatic carbocycles. The molecule has 2 N–H and O–H groups in total. The minimum absolute atomic E-state index is 0.106. The van der Waals surface area contributed by atoms with Gasteiger partial charge in [-0.15, -0.1) is 0 Å². The normalized spacial score (nSPS) is 13.1. The number of nitriles is 1. The van der Waals surface area contributed by atoms with Gasteiger partial charge in [-0.05, 0) is 48.7 Å². The first-order valence-electron chi connectivity index (χ1n) is 8.15. The Hall–Kier alpha value is -2.35. The van der Waals surface area contributed by atoms with Crippen molar-refractivity contribution < 1.29 is 9.84 Å². The maximum atomic E-state index is 9.46. The quantitative estimate of drug-likeness (QED) is 0.781. The Labute approximate surface area is 143 Å². The minimum atomic E-state index is -0.269. The van der Waals surface area contributed by atoms with Crippen molar-refractivity contribution in [2.24, 2.45) is 0 Å². The molecule has 0 spiro atoms. The molecule has 4 nitrogen and oxygen atoms in total. The molecule has 2 aromatic rings. The Morgan fingerprint density at radius 1 is 1.17 bits per heavy atom. The summed E-state index contributed by atoms with van der Waals surface area (Å²) in [6.07, 6.45) is 0.856. The van der Waals surface area contributed by atoms with Crippen molar-refractivity contribution in [1.29, 1.82) is 5.26 Å². The third-order valence-electron chi connectivity index (χ3n) is 4.21. The van der Waals surface area contributed by atoms with Crippen LogP contribution in [-0.4, -0.2) is 17.3 Å². The van der Waals surface area contributed by atoms with Gasteiger partial charge in [0.05, 0.1) is 18.2 Å². The molecule has 126 valence electrons. The molecule has 4 heteroatoms. The van der Waals surface area contributed by atoms with Gasteiger partial charge in [-0.1, -0.05) is 31.2 Å². The molecule has 0 amide bonds. The number of aliphatic hydroxyl groups is 1. The largest absolute Gasteiger partial charge is 0.489 e. The molecule has 0 saturated carbocycles. The van der Waals surface area contributed by atoms with Crippen molar-refractivity contribution in [3.63, 3.8) is 0 Å². The zero-order valence-electron chi connectivity index (χ0n) is 14.2. The fourth-order valence-electron chi connectivity index (χ4n) is 2.25. The van der Waals surface area contributed by atoms with E-state index in [1.54, 1.807) is 6.07 Å². The van der Waals surface area contributed by atoms with Crippen molar-refractivity contribution in [3.8, 4) is 11.8 Å². The fraction of sp³-hybridized carbons (Fsp3) is 0.350. The average molecular weight is 324 g/mol. The van der Waals surface area contributed by atoms with Gasteiger partial charge in [-0.25, -0.2) is 0 Å². The summed E-state index contributed by atoms with van der Waals surface area (Å²) >= 11 is 0. The first-order valence-corrected chi connectivity index (χ1v) is 8.15. The van der Waals surface area contributed by atoms with Gasteiger partial charge in [-0.2, -0.15) is 5.26 Å². The van der Waals surface area contributed by atoms with Crippen molar-refractivity contribution in [2.45, 2.75) is 39.0 Å². The number of nitrogens with one attached hydrogen (secondary N) is 1. The highest BCUT2D eigenvalue weighted by Gasteiger charge is 2.19. The van der Waals surface area contributed by atoms with Crippen LogP contribution in [0.15, 0.2) is 48.5 Å². The van der Waals surface area contributed by atoms with Crippen LogP contribution >= 0.6 is 0 Å². The van der Waals surface area contributed by atoms with Gasteiger partial charge in [0.15, 0.2) is 0 Å². The zero-order chi connectivity index (χ0) is 17.4. The lowest BCUT2D eigenvalue weighted by molar-refractivity contribution is 0.169. The molecule has 0 aliphatic heterocycles. The average Bonchev–Trinajstić information content (AvgIpc) is 2.65. The Morgan fingerprint density at radius 2 is 1.92 bits per heavy atom. The second-order valence-electron chi connectivity index (χ2n) is 6.17. The zero-order valence-corrected chi connectivity index (χ0v) is 14.2. The summed E-state index contributed by atoms with van der Waals surface area (Å²) in [4.78, 5) is 0. The summed E-state index contributed by atoms with van der Waals surface area (Å²) in [5, 5.41) is 21.8. The summed E-state index contributed by atoms with van der Waals surface area (Å²) in [6, 6.07) is 17.5. The van der Waals surface area contributed by atoms with Crippen LogP contribution in [-0.2, 0) is 13.2 Å². The Kier molecular flexibility index (Phi) is 6.36. The summed E-state index contributed by atoms with van der Waals surface area (Å²) in [6.45, 7) is 5.27. The molecule has 0 heterocycles. The first-order chi connectivity index (χ1) is 11.6. The van der Waals surface area contributed by atoms with Gasteiger partial charge in [0.1, 0.15) is 12.4 Å². The van der Waals surface area contributed by atoms with Crippen molar-refractivity contribution in [2.75, 3.05) is 6.61 Å². The lowest BCUT2D eigenvalue weighted by Gasteiger charge is -2.27. The van der Waals surface area contributed by atoms with Crippen LogP contribution in [0.3, 0.4) is 0 Å². The van der Waals surface area contributed by atoms with Crippen molar-refractivity contribution >= 4 is 0 Å². The summed E-state index contributed by atoms with van der Waals surface area (Å²) in [5.41, 5.74) is 2.44. The van der Waals surface area contributed by atoms with Gasteiger partial charge < -0.3 is 15.2 Å². The molecule has 0 fully saturated rings. The van der Waals surface area contributed by atoms with E-state index in [-0.39, 0.29) is 12.1 Å². The first kappa shape index (κ1) is 18.0. The van der Waals surface area contributed by atoms with E-state index < -0.39 is 0 Å². The van der Waals surface area contributed by atoms with E-state index >= 15 is 0 Å². The van der Waals surface area contributed by atoms with E-state index in [1.165, 1.54) is 0 Å². The van der Waals surface area contributed by atoms with E-state index in [9.17, 15) is 5.11 Å². The number of hydrogen-bond donors (Lipinski definition) is 2. The number of ether oxygens (including phenoxy) is 1. The second-order valence-corrected chi connectivity index (χ2v) is 6.17. The number of nitrogens with zero attached hydrogens (tertiary/aromatic N) is 1. The predicted molar refractivity (Wildman–Crippen MR) is 94.6 cm³/mol. The van der Waals surface area contributed by atoms with E-state index in [0.717, 1.165) is 23.3 Å². The monoisotopic (exact) mass is 324 g/mol. The highest BCUT2D eigenvalue weighted by molar-refractivity contribution is 5.33. The smallest absolute Gasteiger partial charge is 0.120 e. The number of aliphatic hydroxyl groups excluding tert-OH is 1. The van der Waals surface area contributed by atoms with Gasteiger partial charge in [0, 0.05) is 12.1 Å². The Bertz CT molecular complexity index is 703. The number of hydrogen-bond acceptors (Lipinski definition) is 4. The van der Waals surface area contributed by atoms with E-state index in [1.807, 2.05) is 49.4 Å². The van der Waals surface area contributed by atoms with E-state index in [4.69, 9.17) is 10.00 Å². The van der Waals surface area contributed by atoms with Gasteiger partial charge in [-0.3, -0.25) is 0 Å². The molecule has 1 unspecified atom stereocenters. The topological polar surface area (TPSA) is 65.3 Å². The second kappa shape index (κ2) is 8.49. The number of rotatable bonds is 8. The van der Waals surface area contributed by atoms with Crippen LogP contribution in [0.5, 0.6) is 5.75 Å². The highest BCUT2D eigenvalue weighted by Crippen LogP contribution is 2.17. The van der Waals surface area contributed by atoms with Gasteiger partial charge in [0.25, 0.3) is 0 Å². The Morgan fingerprint density at radius 3 is 2.62 bits per heavy atom. The molecule has 0 aliphatic rings. The summed E-state index contributed by atoms with van der Waals surface area (Å²) in [5.74, 6) is 0.791. The van der Waals surface area contributed by atoms with Crippen LogP contribution in [0.4, 0.5) is 0 Å². The highest BCUT2D eigenvalue weighted by atomic mass is 16.5. The molecule has 0 saturated heterocycles. The summed E-state index contributed by atoms with van der Waals surface area (Å²) < 4.78 is 5.83. The molecule has 0 radical (unpaired) electrons. The molecule has 2 rings (SSSR count). The number of benzene rings is 2. The maximum Gasteiger partial charge on any atom is 0.120 e. The third kappa shape index (κ3) is 5.09. The molecule has 0 bridgehead atoms. The predicted octanol–water partition coefficient (Wildman–Crippen LogP) is 3.39. The maximum absolute atomic E-state index is 9.46. The third-order valence-corrected chi connectivity index (χ3v) is 4.21. The molecule has 0 aromatic heterocycles. The van der Waals surface area contributed by atoms with Gasteiger partial charge in [0.2, 0.25) is 0 Å². The van der Waals surface area contributed by atoms with Crippen LogP contribution < -0.4 is 10.1 Å². The molecular weight excluding hydrogens is 300 g/mol. The van der Waals surface area contributed by atoms with Crippen molar-refractivity contribution in [1.82, 2.24) is 5.32 Å². The lowest BCUT2D eigenvalue weighted by atomic mass is 10.00.